The molecule has 0 amide bonds. The van der Waals surface area contributed by atoms with E-state index in [1.54, 1.807) is 21.3 Å². The van der Waals surface area contributed by atoms with E-state index in [4.69, 9.17) is 9.47 Å². The molecule has 0 radical (unpaired) electrons. The fraction of sp³-hybridized carbons (Fsp3) is 0.632. The van der Waals surface area contributed by atoms with Crippen molar-refractivity contribution in [2.45, 2.75) is 26.2 Å². The van der Waals surface area contributed by atoms with Crippen molar-refractivity contribution in [2.75, 3.05) is 52.8 Å². The molecule has 6 heteroatoms. The van der Waals surface area contributed by atoms with Crippen LogP contribution in [0.25, 0.3) is 0 Å². The van der Waals surface area contributed by atoms with Gasteiger partial charge in [-0.1, -0.05) is 6.92 Å². The van der Waals surface area contributed by atoms with Gasteiger partial charge < -0.3 is 25.0 Å². The van der Waals surface area contributed by atoms with Crippen LogP contribution in [0.5, 0.6) is 11.5 Å². The summed E-state index contributed by atoms with van der Waals surface area (Å²) in [5.74, 6) is 3.01. The molecule has 1 aromatic carbocycles. The Bertz CT molecular complexity index is 562. The van der Waals surface area contributed by atoms with Crippen LogP contribution in [0, 0.1) is 5.92 Å². The maximum absolute atomic E-state index is 5.34. The number of nitrogens with one attached hydrogen (secondary N) is 2. The molecule has 1 aromatic rings. The van der Waals surface area contributed by atoms with E-state index in [1.807, 2.05) is 18.2 Å². The van der Waals surface area contributed by atoms with Gasteiger partial charge in [0.2, 0.25) is 0 Å². The van der Waals surface area contributed by atoms with E-state index in [0.29, 0.717) is 11.5 Å². The summed E-state index contributed by atoms with van der Waals surface area (Å²) < 4.78 is 10.6. The van der Waals surface area contributed by atoms with Crippen LogP contribution in [-0.2, 0) is 0 Å². The van der Waals surface area contributed by atoms with Crippen LogP contribution in [0.3, 0.4) is 0 Å². The van der Waals surface area contributed by atoms with Crippen LogP contribution in [0.4, 0.5) is 5.69 Å². The topological polar surface area (TPSA) is 58.1 Å². The SMILES string of the molecule is CN=C(NCCCN1CCCC(C)C1)Nc1ccc(OC)c(OC)c1. The highest BCUT2D eigenvalue weighted by Crippen LogP contribution is 2.29. The predicted octanol–water partition coefficient (Wildman–Crippen LogP) is 2.81. The summed E-state index contributed by atoms with van der Waals surface area (Å²) in [4.78, 5) is 6.86. The van der Waals surface area contributed by atoms with Gasteiger partial charge >= 0.3 is 0 Å². The number of likely N-dealkylation sites (tertiary alicyclic amines) is 1. The molecule has 2 N–H and O–H groups in total. The van der Waals surface area contributed by atoms with E-state index >= 15 is 0 Å². The molecule has 0 bridgehead atoms. The molecule has 2 rings (SSSR count). The zero-order chi connectivity index (χ0) is 18.1. The maximum atomic E-state index is 5.34. The van der Waals surface area contributed by atoms with E-state index in [1.165, 1.54) is 25.9 Å². The molecule has 140 valence electrons. The highest BCUT2D eigenvalue weighted by atomic mass is 16.5. The average Bonchev–Trinajstić information content (AvgIpc) is 2.64. The van der Waals surface area contributed by atoms with Crippen LogP contribution in [0.15, 0.2) is 23.2 Å². The number of piperidine rings is 1. The molecule has 1 saturated heterocycles. The first kappa shape index (κ1) is 19.4. The third kappa shape index (κ3) is 6.12. The number of methoxy groups -OCH3 is 2. The van der Waals surface area contributed by atoms with E-state index in [-0.39, 0.29) is 0 Å². The highest BCUT2D eigenvalue weighted by Gasteiger charge is 2.15. The molecular weight excluding hydrogens is 316 g/mol. The maximum Gasteiger partial charge on any atom is 0.195 e. The Hall–Kier alpha value is -1.95. The average molecular weight is 348 g/mol. The summed E-state index contributed by atoms with van der Waals surface area (Å²) in [6, 6.07) is 5.73. The minimum atomic E-state index is 0.696. The van der Waals surface area contributed by atoms with Crippen molar-refractivity contribution in [3.05, 3.63) is 18.2 Å². The summed E-state index contributed by atoms with van der Waals surface area (Å²) in [7, 11) is 5.05. The molecule has 1 fully saturated rings. The van der Waals surface area contributed by atoms with Gasteiger partial charge in [0, 0.05) is 31.9 Å². The van der Waals surface area contributed by atoms with Gasteiger partial charge in [0.25, 0.3) is 0 Å². The largest absolute Gasteiger partial charge is 0.493 e. The van der Waals surface area contributed by atoms with Crippen molar-refractivity contribution >= 4 is 11.6 Å². The fourth-order valence-electron chi connectivity index (χ4n) is 3.23. The number of hydrogen-bond acceptors (Lipinski definition) is 4. The molecule has 0 aromatic heterocycles. The van der Waals surface area contributed by atoms with Crippen molar-refractivity contribution in [1.29, 1.82) is 0 Å². The van der Waals surface area contributed by atoms with E-state index in [2.05, 4.69) is 27.4 Å². The van der Waals surface area contributed by atoms with Gasteiger partial charge in [-0.3, -0.25) is 4.99 Å². The Morgan fingerprint density at radius 2 is 2.08 bits per heavy atom. The first-order chi connectivity index (χ1) is 12.2. The summed E-state index contributed by atoms with van der Waals surface area (Å²) in [6.07, 6.45) is 3.81. The number of ether oxygens (including phenoxy) is 2. The lowest BCUT2D eigenvalue weighted by Gasteiger charge is -2.30. The Balaban J connectivity index is 1.77. The standard InChI is InChI=1S/C19H32N4O2/c1-15-7-5-11-23(14-15)12-6-10-21-19(20-2)22-16-8-9-17(24-3)18(13-16)25-4/h8-9,13,15H,5-7,10-12,14H2,1-4H3,(H2,20,21,22). The summed E-state index contributed by atoms with van der Waals surface area (Å²) in [6.45, 7) is 6.86. The molecule has 0 spiro atoms. The van der Waals surface area contributed by atoms with Gasteiger partial charge in [0.05, 0.1) is 14.2 Å². The van der Waals surface area contributed by atoms with Crippen molar-refractivity contribution in [3.63, 3.8) is 0 Å². The van der Waals surface area contributed by atoms with Gasteiger partial charge in [0.1, 0.15) is 0 Å². The van der Waals surface area contributed by atoms with Crippen LogP contribution >= 0.6 is 0 Å². The number of aliphatic imine (C=N–C) groups is 1. The lowest BCUT2D eigenvalue weighted by atomic mass is 10.0. The first-order valence-corrected chi connectivity index (χ1v) is 9.08. The van der Waals surface area contributed by atoms with Gasteiger partial charge in [-0.25, -0.2) is 0 Å². The van der Waals surface area contributed by atoms with Crippen molar-refractivity contribution in [2.24, 2.45) is 10.9 Å². The molecular formula is C19H32N4O2. The smallest absolute Gasteiger partial charge is 0.195 e. The quantitative estimate of drug-likeness (QED) is 0.451. The van der Waals surface area contributed by atoms with E-state index < -0.39 is 0 Å². The second-order valence-electron chi connectivity index (χ2n) is 6.60. The number of benzene rings is 1. The molecule has 25 heavy (non-hydrogen) atoms. The van der Waals surface area contributed by atoms with Crippen LogP contribution in [0.1, 0.15) is 26.2 Å². The lowest BCUT2D eigenvalue weighted by molar-refractivity contribution is 0.182. The normalized spacial score (nSPS) is 18.7. The summed E-state index contributed by atoms with van der Waals surface area (Å²) in [5.41, 5.74) is 0.913. The summed E-state index contributed by atoms with van der Waals surface area (Å²) in [5, 5.41) is 6.66. The van der Waals surface area contributed by atoms with Crippen molar-refractivity contribution < 1.29 is 9.47 Å². The third-order valence-corrected chi connectivity index (χ3v) is 4.55. The number of guanidine groups is 1. The van der Waals surface area contributed by atoms with Gasteiger partial charge in [0.15, 0.2) is 17.5 Å². The van der Waals surface area contributed by atoms with E-state index in [0.717, 1.165) is 37.1 Å². The molecule has 6 nitrogen and oxygen atoms in total. The fourth-order valence-corrected chi connectivity index (χ4v) is 3.23. The van der Waals surface area contributed by atoms with Crippen LogP contribution in [0.2, 0.25) is 0 Å². The summed E-state index contributed by atoms with van der Waals surface area (Å²) >= 11 is 0. The highest BCUT2D eigenvalue weighted by molar-refractivity contribution is 5.93. The molecule has 1 atom stereocenters. The Kier molecular flexibility index (Phi) is 7.85. The minimum absolute atomic E-state index is 0.696. The van der Waals surface area contributed by atoms with Crippen LogP contribution in [-0.4, -0.2) is 58.3 Å². The monoisotopic (exact) mass is 348 g/mol. The zero-order valence-electron chi connectivity index (χ0n) is 16.0. The number of nitrogens with zero attached hydrogens (tertiary/aromatic N) is 2. The van der Waals surface area contributed by atoms with Gasteiger partial charge in [-0.15, -0.1) is 0 Å². The first-order valence-electron chi connectivity index (χ1n) is 9.08. The van der Waals surface area contributed by atoms with Gasteiger partial charge in [-0.2, -0.15) is 0 Å². The third-order valence-electron chi connectivity index (χ3n) is 4.55. The van der Waals surface area contributed by atoms with Crippen molar-refractivity contribution in [1.82, 2.24) is 10.2 Å². The minimum Gasteiger partial charge on any atom is -0.493 e. The van der Waals surface area contributed by atoms with Gasteiger partial charge in [-0.05, 0) is 50.4 Å². The number of anilines is 1. The zero-order valence-corrected chi connectivity index (χ0v) is 16.0. The Morgan fingerprint density at radius 1 is 1.28 bits per heavy atom. The molecule has 0 aliphatic carbocycles. The molecule has 1 unspecified atom stereocenters. The predicted molar refractivity (Wildman–Crippen MR) is 104 cm³/mol. The second-order valence-corrected chi connectivity index (χ2v) is 6.60. The lowest BCUT2D eigenvalue weighted by Crippen LogP contribution is -2.37. The molecule has 0 saturated carbocycles. The molecule has 1 aliphatic rings. The van der Waals surface area contributed by atoms with E-state index in [9.17, 15) is 0 Å². The Morgan fingerprint density at radius 3 is 2.76 bits per heavy atom. The van der Waals surface area contributed by atoms with Crippen LogP contribution < -0.4 is 20.1 Å². The number of rotatable bonds is 7. The number of hydrogen-bond donors (Lipinski definition) is 2. The molecule has 1 aliphatic heterocycles. The second kappa shape index (κ2) is 10.1. The molecule has 1 heterocycles. The van der Waals surface area contributed by atoms with Crippen molar-refractivity contribution in [3.8, 4) is 11.5 Å². The Labute approximate surface area is 151 Å².